The van der Waals surface area contributed by atoms with Crippen LogP contribution in [-0.4, -0.2) is 30.0 Å². The fourth-order valence-electron chi connectivity index (χ4n) is 9.23. The summed E-state index contributed by atoms with van der Waals surface area (Å²) in [6.45, 7) is 10.7. The zero-order valence-electron chi connectivity index (χ0n) is 19.8. The Hall–Kier alpha value is -0.380. The molecule has 0 aromatic carbocycles. The van der Waals surface area contributed by atoms with Gasteiger partial charge < -0.3 is 15.6 Å². The van der Waals surface area contributed by atoms with Gasteiger partial charge in [-0.15, -0.1) is 0 Å². The van der Waals surface area contributed by atoms with Crippen LogP contribution in [0.25, 0.3) is 0 Å². The SMILES string of the molecule is CC(CN)CC[C@H]1O[C@H]2C[C@H]3[C@@H]4CC=C5CC(O)CC[C@]5(C)[C@H]4CC[C@]3(C)[C@H]2[C@@H]1C. The second-order valence-electron chi connectivity index (χ2n) is 12.5. The van der Waals surface area contributed by atoms with Gasteiger partial charge in [-0.25, -0.2) is 0 Å². The van der Waals surface area contributed by atoms with Gasteiger partial charge in [0.2, 0.25) is 0 Å². The minimum atomic E-state index is -0.103. The Morgan fingerprint density at radius 1 is 1.23 bits per heavy atom. The van der Waals surface area contributed by atoms with Gasteiger partial charge in [-0.2, -0.15) is 0 Å². The third kappa shape index (κ3) is 3.09. The Kier molecular flexibility index (Phi) is 5.43. The van der Waals surface area contributed by atoms with Crippen molar-refractivity contribution in [3.63, 3.8) is 0 Å². The largest absolute Gasteiger partial charge is 0.393 e. The zero-order chi connectivity index (χ0) is 21.3. The maximum absolute atomic E-state index is 10.2. The van der Waals surface area contributed by atoms with Crippen LogP contribution in [0.3, 0.4) is 0 Å². The van der Waals surface area contributed by atoms with Crippen LogP contribution in [0, 0.1) is 46.3 Å². The minimum Gasteiger partial charge on any atom is -0.393 e. The first kappa shape index (κ1) is 21.5. The summed E-state index contributed by atoms with van der Waals surface area (Å²) in [5.41, 5.74) is 8.24. The van der Waals surface area contributed by atoms with E-state index >= 15 is 0 Å². The molecular weight excluding hydrogens is 370 g/mol. The zero-order valence-corrected chi connectivity index (χ0v) is 19.8. The molecule has 0 radical (unpaired) electrons. The number of allylic oxidation sites excluding steroid dienone is 1. The lowest BCUT2D eigenvalue weighted by Gasteiger charge is -2.58. The number of fused-ring (bicyclic) bond motifs is 7. The number of aliphatic hydroxyl groups is 1. The second kappa shape index (κ2) is 7.59. The first-order valence-corrected chi connectivity index (χ1v) is 13.0. The monoisotopic (exact) mass is 415 g/mol. The van der Waals surface area contributed by atoms with Gasteiger partial charge >= 0.3 is 0 Å². The normalized spacial score (nSPS) is 53.3. The van der Waals surface area contributed by atoms with Crippen LogP contribution in [0.4, 0.5) is 0 Å². The van der Waals surface area contributed by atoms with Crippen molar-refractivity contribution in [3.05, 3.63) is 11.6 Å². The summed E-state index contributed by atoms with van der Waals surface area (Å²) in [5, 5.41) is 10.2. The van der Waals surface area contributed by atoms with E-state index in [4.69, 9.17) is 10.5 Å². The van der Waals surface area contributed by atoms with E-state index in [1.54, 1.807) is 5.57 Å². The molecule has 11 atom stereocenters. The molecule has 1 saturated heterocycles. The first-order chi connectivity index (χ1) is 14.3. The fraction of sp³-hybridized carbons (Fsp3) is 0.926. The number of hydrogen-bond donors (Lipinski definition) is 2. The third-order valence-corrected chi connectivity index (χ3v) is 11.0. The summed E-state index contributed by atoms with van der Waals surface area (Å²) in [5.74, 6) is 4.50. The lowest BCUT2D eigenvalue weighted by atomic mass is 9.47. The molecule has 5 aliphatic rings. The van der Waals surface area contributed by atoms with E-state index in [9.17, 15) is 5.11 Å². The van der Waals surface area contributed by atoms with Crippen molar-refractivity contribution in [2.75, 3.05) is 6.54 Å². The van der Waals surface area contributed by atoms with Crippen molar-refractivity contribution in [1.29, 1.82) is 0 Å². The number of ether oxygens (including phenoxy) is 1. The molecule has 3 heteroatoms. The van der Waals surface area contributed by atoms with Crippen LogP contribution in [-0.2, 0) is 4.74 Å². The summed E-state index contributed by atoms with van der Waals surface area (Å²) in [6.07, 6.45) is 14.2. The van der Waals surface area contributed by atoms with Gasteiger partial charge in [0.05, 0.1) is 18.3 Å². The Morgan fingerprint density at radius 2 is 2.03 bits per heavy atom. The van der Waals surface area contributed by atoms with Crippen LogP contribution in [0.1, 0.15) is 85.5 Å². The summed E-state index contributed by atoms with van der Waals surface area (Å²) >= 11 is 0. The standard InChI is InChI=1S/C27H45NO2/c1-16(15-28)5-8-23-17(2)25-24(30-23)14-22-20-7-6-18-13-19(29)9-11-26(18,3)21(20)10-12-27(22,25)4/h6,16-17,19-25,29H,5,7-15,28H2,1-4H3/t16?,17-,19?,20-,21+,22+,23-,24+,25+,26+,27+/m1/s1. The van der Waals surface area contributed by atoms with E-state index in [0.29, 0.717) is 34.9 Å². The van der Waals surface area contributed by atoms with E-state index in [1.807, 2.05) is 0 Å². The van der Waals surface area contributed by atoms with Gasteiger partial charge in [0.25, 0.3) is 0 Å². The first-order valence-electron chi connectivity index (χ1n) is 13.0. The lowest BCUT2D eigenvalue weighted by Crippen LogP contribution is -2.51. The van der Waals surface area contributed by atoms with Gasteiger partial charge in [-0.05, 0) is 111 Å². The molecule has 5 rings (SSSR count). The lowest BCUT2D eigenvalue weighted by molar-refractivity contribution is -0.0589. The predicted octanol–water partition coefficient (Wildman–Crippen LogP) is 5.31. The average molecular weight is 416 g/mol. The maximum atomic E-state index is 10.2. The van der Waals surface area contributed by atoms with Gasteiger partial charge in [-0.1, -0.05) is 39.3 Å². The van der Waals surface area contributed by atoms with Gasteiger partial charge in [0, 0.05) is 0 Å². The number of nitrogens with two attached hydrogens (primary N) is 1. The number of aliphatic hydroxyl groups excluding tert-OH is 1. The topological polar surface area (TPSA) is 55.5 Å². The summed E-state index contributed by atoms with van der Waals surface area (Å²) < 4.78 is 6.79. The Bertz CT molecular complexity index is 690. The molecule has 170 valence electrons. The van der Waals surface area contributed by atoms with Crippen molar-refractivity contribution >= 4 is 0 Å². The van der Waals surface area contributed by atoms with Crippen LogP contribution in [0.2, 0.25) is 0 Å². The smallest absolute Gasteiger partial charge is 0.0618 e. The predicted molar refractivity (Wildman–Crippen MR) is 122 cm³/mol. The van der Waals surface area contributed by atoms with Crippen LogP contribution in [0.5, 0.6) is 0 Å². The minimum absolute atomic E-state index is 0.103. The summed E-state index contributed by atoms with van der Waals surface area (Å²) in [6, 6.07) is 0. The molecule has 3 saturated carbocycles. The molecule has 0 bridgehead atoms. The molecule has 0 spiro atoms. The Labute approximate surface area is 184 Å². The molecule has 2 unspecified atom stereocenters. The van der Waals surface area contributed by atoms with Crippen molar-refractivity contribution in [3.8, 4) is 0 Å². The quantitative estimate of drug-likeness (QED) is 0.611. The highest BCUT2D eigenvalue weighted by Gasteiger charge is 2.64. The highest BCUT2D eigenvalue weighted by Crippen LogP contribution is 2.69. The van der Waals surface area contributed by atoms with Crippen LogP contribution < -0.4 is 5.73 Å². The molecule has 0 aromatic rings. The van der Waals surface area contributed by atoms with Gasteiger partial charge in [-0.3, -0.25) is 0 Å². The molecule has 3 nitrogen and oxygen atoms in total. The average Bonchev–Trinajstić information content (AvgIpc) is 3.20. The molecule has 1 heterocycles. The van der Waals surface area contributed by atoms with E-state index in [2.05, 4.69) is 33.8 Å². The summed E-state index contributed by atoms with van der Waals surface area (Å²) in [4.78, 5) is 0. The van der Waals surface area contributed by atoms with E-state index in [-0.39, 0.29) is 6.10 Å². The molecule has 0 aromatic heterocycles. The van der Waals surface area contributed by atoms with E-state index in [1.165, 1.54) is 44.9 Å². The third-order valence-electron chi connectivity index (χ3n) is 11.0. The van der Waals surface area contributed by atoms with Crippen molar-refractivity contribution < 1.29 is 9.84 Å². The molecular formula is C27H45NO2. The van der Waals surface area contributed by atoms with Crippen LogP contribution >= 0.6 is 0 Å². The molecule has 3 N–H and O–H groups in total. The highest BCUT2D eigenvalue weighted by molar-refractivity contribution is 5.26. The molecule has 4 aliphatic carbocycles. The van der Waals surface area contributed by atoms with Gasteiger partial charge in [0.1, 0.15) is 0 Å². The van der Waals surface area contributed by atoms with Crippen molar-refractivity contribution in [2.24, 2.45) is 52.1 Å². The van der Waals surface area contributed by atoms with E-state index < -0.39 is 0 Å². The Morgan fingerprint density at radius 3 is 2.80 bits per heavy atom. The van der Waals surface area contributed by atoms with Crippen LogP contribution in [0.15, 0.2) is 11.6 Å². The Balaban J connectivity index is 1.34. The molecule has 0 amide bonds. The second-order valence-corrected chi connectivity index (χ2v) is 12.5. The van der Waals surface area contributed by atoms with E-state index in [0.717, 1.165) is 43.1 Å². The summed E-state index contributed by atoms with van der Waals surface area (Å²) in [7, 11) is 0. The van der Waals surface area contributed by atoms with Gasteiger partial charge in [0.15, 0.2) is 0 Å². The molecule has 1 aliphatic heterocycles. The van der Waals surface area contributed by atoms with Crippen molar-refractivity contribution in [2.45, 2.75) is 104 Å². The number of hydrogen-bond acceptors (Lipinski definition) is 3. The molecule has 4 fully saturated rings. The number of rotatable bonds is 4. The maximum Gasteiger partial charge on any atom is 0.0618 e. The fourth-order valence-corrected chi connectivity index (χ4v) is 9.23. The highest BCUT2D eigenvalue weighted by atomic mass is 16.5. The molecule has 30 heavy (non-hydrogen) atoms. The van der Waals surface area contributed by atoms with Crippen molar-refractivity contribution in [1.82, 2.24) is 0 Å².